The van der Waals surface area contributed by atoms with Crippen molar-refractivity contribution in [1.82, 2.24) is 0 Å². The van der Waals surface area contributed by atoms with Crippen LogP contribution in [-0.4, -0.2) is 11.8 Å². The summed E-state index contributed by atoms with van der Waals surface area (Å²) in [6.45, 7) is 7.96. The molecule has 2 aromatic rings. The van der Waals surface area contributed by atoms with Crippen LogP contribution in [0, 0.1) is 19.8 Å². The van der Waals surface area contributed by atoms with Gasteiger partial charge in [0.25, 0.3) is 5.91 Å². The Morgan fingerprint density at radius 3 is 1.96 bits per heavy atom. The molecule has 0 aliphatic heterocycles. The molecule has 2 amide bonds. The lowest BCUT2D eigenvalue weighted by molar-refractivity contribution is -0.120. The second-order valence-corrected chi connectivity index (χ2v) is 6.30. The molecule has 0 bridgehead atoms. The summed E-state index contributed by atoms with van der Waals surface area (Å²) in [7, 11) is 0. The van der Waals surface area contributed by atoms with Crippen molar-refractivity contribution in [3.63, 3.8) is 0 Å². The molecule has 0 saturated carbocycles. The fourth-order valence-electron chi connectivity index (χ4n) is 2.81. The molecule has 4 nitrogen and oxygen atoms in total. The summed E-state index contributed by atoms with van der Waals surface area (Å²) in [6.07, 6.45) is 1.64. The molecule has 2 aromatic carbocycles. The smallest absolute Gasteiger partial charge is 0.255 e. The molecule has 0 radical (unpaired) electrons. The van der Waals surface area contributed by atoms with Crippen LogP contribution in [0.2, 0.25) is 0 Å². The first-order chi connectivity index (χ1) is 12.0. The highest BCUT2D eigenvalue weighted by atomic mass is 16.2. The largest absolute Gasteiger partial charge is 0.326 e. The number of para-hydroxylation sites is 1. The highest BCUT2D eigenvalue weighted by Gasteiger charge is 2.14. The summed E-state index contributed by atoms with van der Waals surface area (Å²) in [6, 6.07) is 12.9. The summed E-state index contributed by atoms with van der Waals surface area (Å²) in [5, 5.41) is 5.87. The lowest BCUT2D eigenvalue weighted by Crippen LogP contribution is -2.21. The molecule has 0 atom stereocenters. The van der Waals surface area contributed by atoms with E-state index in [2.05, 4.69) is 10.6 Å². The van der Waals surface area contributed by atoms with Gasteiger partial charge in [0, 0.05) is 22.9 Å². The summed E-state index contributed by atoms with van der Waals surface area (Å²) in [5.41, 5.74) is 4.17. The Labute approximate surface area is 149 Å². The van der Waals surface area contributed by atoms with Gasteiger partial charge in [-0.25, -0.2) is 0 Å². The zero-order valence-corrected chi connectivity index (χ0v) is 15.3. The monoisotopic (exact) mass is 338 g/mol. The first-order valence-electron chi connectivity index (χ1n) is 8.74. The number of hydrogen-bond acceptors (Lipinski definition) is 2. The number of anilines is 2. The van der Waals surface area contributed by atoms with Crippen molar-refractivity contribution in [2.75, 3.05) is 10.6 Å². The van der Waals surface area contributed by atoms with Crippen molar-refractivity contribution in [2.24, 2.45) is 5.92 Å². The zero-order valence-electron chi connectivity index (χ0n) is 15.3. The molecule has 132 valence electrons. The second kappa shape index (κ2) is 8.47. The van der Waals surface area contributed by atoms with E-state index in [1.807, 2.05) is 45.9 Å². The normalized spacial score (nSPS) is 10.6. The third kappa shape index (κ3) is 4.69. The molecule has 2 N–H and O–H groups in total. The third-order valence-electron chi connectivity index (χ3n) is 4.49. The lowest BCUT2D eigenvalue weighted by Gasteiger charge is -2.14. The van der Waals surface area contributed by atoms with E-state index < -0.39 is 0 Å². The van der Waals surface area contributed by atoms with E-state index in [0.29, 0.717) is 11.3 Å². The number of carbonyl (C=O) groups excluding carboxylic acids is 2. The van der Waals surface area contributed by atoms with Gasteiger partial charge >= 0.3 is 0 Å². The van der Waals surface area contributed by atoms with Crippen LogP contribution in [0.3, 0.4) is 0 Å². The van der Waals surface area contributed by atoms with Crippen LogP contribution >= 0.6 is 0 Å². The quantitative estimate of drug-likeness (QED) is 0.784. The summed E-state index contributed by atoms with van der Waals surface area (Å²) in [5.74, 6) is -0.111. The van der Waals surface area contributed by atoms with Gasteiger partial charge in [-0.05, 0) is 62.1 Å². The summed E-state index contributed by atoms with van der Waals surface area (Å²) >= 11 is 0. The molecule has 0 aromatic heterocycles. The Morgan fingerprint density at radius 1 is 0.880 bits per heavy atom. The Balaban J connectivity index is 2.07. The number of aryl methyl sites for hydroxylation is 2. The first kappa shape index (κ1) is 18.7. The summed E-state index contributed by atoms with van der Waals surface area (Å²) in [4.78, 5) is 24.6. The van der Waals surface area contributed by atoms with Gasteiger partial charge in [0.1, 0.15) is 0 Å². The second-order valence-electron chi connectivity index (χ2n) is 6.30. The number of amides is 2. The number of hydrogen-bond donors (Lipinski definition) is 2. The van der Waals surface area contributed by atoms with Gasteiger partial charge in [0.05, 0.1) is 0 Å². The van der Waals surface area contributed by atoms with Gasteiger partial charge in [-0.2, -0.15) is 0 Å². The van der Waals surface area contributed by atoms with E-state index in [1.54, 1.807) is 24.3 Å². The molecule has 2 rings (SSSR count). The molecule has 0 aliphatic carbocycles. The average molecular weight is 338 g/mol. The molecule has 0 heterocycles. The van der Waals surface area contributed by atoms with Crippen LogP contribution in [0.15, 0.2) is 42.5 Å². The van der Waals surface area contributed by atoms with Gasteiger partial charge in [-0.3, -0.25) is 9.59 Å². The van der Waals surface area contributed by atoms with Gasteiger partial charge in [0.2, 0.25) is 5.91 Å². The van der Waals surface area contributed by atoms with Gasteiger partial charge in [-0.15, -0.1) is 0 Å². The molecule has 4 heteroatoms. The zero-order chi connectivity index (χ0) is 18.4. The van der Waals surface area contributed by atoms with Crippen LogP contribution in [0.5, 0.6) is 0 Å². The molecular weight excluding hydrogens is 312 g/mol. The van der Waals surface area contributed by atoms with Crippen LogP contribution in [-0.2, 0) is 4.79 Å². The molecule has 25 heavy (non-hydrogen) atoms. The number of nitrogens with one attached hydrogen (secondary N) is 2. The van der Waals surface area contributed by atoms with Crippen molar-refractivity contribution < 1.29 is 9.59 Å². The topological polar surface area (TPSA) is 58.2 Å². The predicted octanol–water partition coefficient (Wildman–Crippen LogP) is 4.93. The fraction of sp³-hybridized carbons (Fsp3) is 0.333. The predicted molar refractivity (Wildman–Crippen MR) is 103 cm³/mol. The standard InChI is InChI=1S/C21H26N2O2/c1-5-16(6-2)20(24)22-18-12-10-17(11-13-18)21(25)23-19-14(3)8-7-9-15(19)4/h7-13,16H,5-6H2,1-4H3,(H,22,24)(H,23,25). The van der Waals surface area contributed by atoms with Crippen LogP contribution in [0.4, 0.5) is 11.4 Å². The Bertz CT molecular complexity index is 727. The van der Waals surface area contributed by atoms with E-state index in [4.69, 9.17) is 0 Å². The highest BCUT2D eigenvalue weighted by molar-refractivity contribution is 6.05. The number of carbonyl (C=O) groups is 2. The van der Waals surface area contributed by atoms with Crippen molar-refractivity contribution in [3.8, 4) is 0 Å². The van der Waals surface area contributed by atoms with E-state index in [9.17, 15) is 9.59 Å². The highest BCUT2D eigenvalue weighted by Crippen LogP contribution is 2.21. The SMILES string of the molecule is CCC(CC)C(=O)Nc1ccc(C(=O)Nc2c(C)cccc2C)cc1. The van der Waals surface area contributed by atoms with Crippen molar-refractivity contribution in [1.29, 1.82) is 0 Å². The average Bonchev–Trinajstić information content (AvgIpc) is 2.60. The first-order valence-corrected chi connectivity index (χ1v) is 8.74. The minimum Gasteiger partial charge on any atom is -0.326 e. The Hall–Kier alpha value is -2.62. The van der Waals surface area contributed by atoms with Gasteiger partial charge < -0.3 is 10.6 Å². The van der Waals surface area contributed by atoms with Crippen LogP contribution in [0.1, 0.15) is 48.2 Å². The van der Waals surface area contributed by atoms with Crippen molar-refractivity contribution in [3.05, 3.63) is 59.2 Å². The fourth-order valence-corrected chi connectivity index (χ4v) is 2.81. The maximum Gasteiger partial charge on any atom is 0.255 e. The molecule has 0 spiro atoms. The maximum absolute atomic E-state index is 12.5. The lowest BCUT2D eigenvalue weighted by atomic mass is 10.0. The molecule has 0 unspecified atom stereocenters. The van der Waals surface area contributed by atoms with E-state index in [1.165, 1.54) is 0 Å². The maximum atomic E-state index is 12.5. The van der Waals surface area contributed by atoms with Gasteiger partial charge in [0.15, 0.2) is 0 Å². The molecule has 0 saturated heterocycles. The number of benzene rings is 2. The van der Waals surface area contributed by atoms with E-state index in [0.717, 1.165) is 29.7 Å². The summed E-state index contributed by atoms with van der Waals surface area (Å²) < 4.78 is 0. The Morgan fingerprint density at radius 2 is 1.44 bits per heavy atom. The van der Waals surface area contributed by atoms with Crippen molar-refractivity contribution in [2.45, 2.75) is 40.5 Å². The molecule has 0 fully saturated rings. The van der Waals surface area contributed by atoms with E-state index >= 15 is 0 Å². The Kier molecular flexibility index (Phi) is 6.34. The van der Waals surface area contributed by atoms with Crippen molar-refractivity contribution >= 4 is 23.2 Å². The van der Waals surface area contributed by atoms with E-state index in [-0.39, 0.29) is 17.7 Å². The molecular formula is C21H26N2O2. The third-order valence-corrected chi connectivity index (χ3v) is 4.49. The number of rotatable bonds is 6. The minimum absolute atomic E-state index is 0.0204. The molecule has 0 aliphatic rings. The van der Waals surface area contributed by atoms with Crippen LogP contribution < -0.4 is 10.6 Å². The van der Waals surface area contributed by atoms with Crippen LogP contribution in [0.25, 0.3) is 0 Å². The van der Waals surface area contributed by atoms with Gasteiger partial charge in [-0.1, -0.05) is 32.0 Å². The minimum atomic E-state index is -0.157.